The summed E-state index contributed by atoms with van der Waals surface area (Å²) in [5.74, 6) is 4.51. The van der Waals surface area contributed by atoms with E-state index in [9.17, 15) is 0 Å². The Hall–Kier alpha value is -6.26. The molecule has 9 rings (SSSR count). The van der Waals surface area contributed by atoms with E-state index in [0.717, 1.165) is 74.5 Å². The van der Waals surface area contributed by atoms with Crippen LogP contribution in [0.15, 0.2) is 175 Å². The van der Waals surface area contributed by atoms with Crippen LogP contribution < -0.4 is 19.1 Å². The zero-order chi connectivity index (χ0) is 33.4. The van der Waals surface area contributed by atoms with Crippen molar-refractivity contribution in [3.8, 4) is 28.4 Å². The molecule has 5 aromatic carbocycles. The average Bonchev–Trinajstić information content (AvgIpc) is 3.58. The predicted molar refractivity (Wildman–Crippen MR) is 203 cm³/mol. The quantitative estimate of drug-likeness (QED) is 0.190. The highest BCUT2D eigenvalue weighted by molar-refractivity contribution is 5.84. The van der Waals surface area contributed by atoms with Crippen LogP contribution in [-0.2, 0) is 0 Å². The Morgan fingerprint density at radius 2 is 1.16 bits per heavy atom. The molecule has 0 fully saturated rings. The number of rotatable bonds is 5. The van der Waals surface area contributed by atoms with Crippen molar-refractivity contribution in [3.05, 3.63) is 192 Å². The van der Waals surface area contributed by atoms with E-state index in [2.05, 4.69) is 139 Å². The first kappa shape index (κ1) is 29.8. The Bertz CT molecular complexity index is 2320. The highest BCUT2D eigenvalue weighted by atomic mass is 16.5. The minimum atomic E-state index is 0.534. The van der Waals surface area contributed by atoms with Gasteiger partial charge < -0.3 is 19.1 Å². The Kier molecular flexibility index (Phi) is 7.55. The molecule has 242 valence electrons. The fourth-order valence-electron chi connectivity index (χ4n) is 7.16. The first-order chi connectivity index (χ1) is 24.7. The largest absolute Gasteiger partial charge is 0.488 e. The van der Waals surface area contributed by atoms with Gasteiger partial charge in [-0.15, -0.1) is 0 Å². The summed E-state index contributed by atoms with van der Waals surface area (Å²) in [6.07, 6.45) is 14.5. The summed E-state index contributed by atoms with van der Waals surface area (Å²) in [4.78, 5) is 2.30. The van der Waals surface area contributed by atoms with E-state index in [1.54, 1.807) is 0 Å². The highest BCUT2D eigenvalue weighted by Crippen LogP contribution is 2.45. The highest BCUT2D eigenvalue weighted by Gasteiger charge is 2.25. The molecule has 4 aliphatic rings. The molecule has 3 aliphatic heterocycles. The Morgan fingerprint density at radius 1 is 0.560 bits per heavy atom. The van der Waals surface area contributed by atoms with Gasteiger partial charge in [0.2, 0.25) is 0 Å². The van der Waals surface area contributed by atoms with Gasteiger partial charge in [-0.2, -0.15) is 0 Å². The summed E-state index contributed by atoms with van der Waals surface area (Å²) < 4.78 is 19.1. The minimum Gasteiger partial charge on any atom is -0.488 e. The van der Waals surface area contributed by atoms with E-state index >= 15 is 0 Å². The van der Waals surface area contributed by atoms with Crippen LogP contribution in [0.4, 0.5) is 11.4 Å². The number of fused-ring (bicyclic) bond motifs is 9. The number of allylic oxidation sites excluding steroid dienone is 8. The Morgan fingerprint density at radius 3 is 1.90 bits per heavy atom. The molecule has 0 saturated heterocycles. The van der Waals surface area contributed by atoms with Gasteiger partial charge in [0, 0.05) is 58.2 Å². The van der Waals surface area contributed by atoms with Crippen molar-refractivity contribution in [2.75, 3.05) is 11.5 Å². The van der Waals surface area contributed by atoms with Crippen LogP contribution in [0.1, 0.15) is 36.5 Å². The summed E-state index contributed by atoms with van der Waals surface area (Å²) in [5.41, 5.74) is 12.4. The molecule has 0 N–H and O–H groups in total. The van der Waals surface area contributed by atoms with Gasteiger partial charge in [-0.05, 0) is 83.8 Å². The van der Waals surface area contributed by atoms with Crippen molar-refractivity contribution in [3.63, 3.8) is 0 Å². The fourth-order valence-corrected chi connectivity index (χ4v) is 7.16. The van der Waals surface area contributed by atoms with Crippen LogP contribution in [-0.4, -0.2) is 6.61 Å². The van der Waals surface area contributed by atoms with Gasteiger partial charge in [-0.3, -0.25) is 0 Å². The first-order valence-corrected chi connectivity index (χ1v) is 17.1. The van der Waals surface area contributed by atoms with Gasteiger partial charge in [-0.1, -0.05) is 97.1 Å². The molecule has 3 heterocycles. The van der Waals surface area contributed by atoms with Crippen LogP contribution in [0.3, 0.4) is 0 Å². The number of hydrogen-bond donors (Lipinski definition) is 0. The van der Waals surface area contributed by atoms with Gasteiger partial charge in [0.15, 0.2) is 0 Å². The van der Waals surface area contributed by atoms with Gasteiger partial charge >= 0.3 is 0 Å². The van der Waals surface area contributed by atoms with E-state index < -0.39 is 0 Å². The molecule has 5 aromatic rings. The third-order valence-electron chi connectivity index (χ3n) is 9.68. The molecule has 4 heteroatoms. The normalized spacial score (nSPS) is 16.6. The summed E-state index contributed by atoms with van der Waals surface area (Å²) in [6, 6.07) is 42.3. The number of anilines is 2. The molecule has 0 saturated carbocycles. The second-order valence-electron chi connectivity index (χ2n) is 12.8. The lowest BCUT2D eigenvalue weighted by Crippen LogP contribution is -2.16. The van der Waals surface area contributed by atoms with Crippen molar-refractivity contribution >= 4 is 28.1 Å². The standard InChI is InChI=1S/C46H35NO3/c1-2-36(26-35-30-48-44-14-8-6-13-42(35)44)47(37-20-16-32(17-21-37)31-10-4-3-5-11-31)38-22-25-43-34-19-23-39-27-33(41-12-7-9-15-45(41)49-39)18-24-40(28-34)50-46(43)29-38/h2-26,29H,27-28,30H2,1H3. The van der Waals surface area contributed by atoms with Crippen LogP contribution in [0.25, 0.3) is 27.8 Å². The van der Waals surface area contributed by atoms with Crippen molar-refractivity contribution in [2.24, 2.45) is 0 Å². The van der Waals surface area contributed by atoms with E-state index in [1.165, 1.54) is 22.3 Å². The van der Waals surface area contributed by atoms with Gasteiger partial charge in [0.25, 0.3) is 0 Å². The first-order valence-electron chi connectivity index (χ1n) is 17.1. The zero-order valence-corrected chi connectivity index (χ0v) is 27.8. The second-order valence-corrected chi connectivity index (χ2v) is 12.8. The van der Waals surface area contributed by atoms with E-state index in [0.29, 0.717) is 13.0 Å². The maximum Gasteiger partial charge on any atom is 0.136 e. The van der Waals surface area contributed by atoms with Crippen LogP contribution in [0, 0.1) is 0 Å². The van der Waals surface area contributed by atoms with Crippen molar-refractivity contribution in [1.82, 2.24) is 0 Å². The Balaban J connectivity index is 1.14. The molecule has 0 atom stereocenters. The summed E-state index contributed by atoms with van der Waals surface area (Å²) in [5, 5.41) is 0. The van der Waals surface area contributed by atoms with Crippen LogP contribution >= 0.6 is 0 Å². The third kappa shape index (κ3) is 5.55. The van der Waals surface area contributed by atoms with Crippen LogP contribution in [0.2, 0.25) is 0 Å². The lowest BCUT2D eigenvalue weighted by molar-refractivity contribution is 0.388. The van der Waals surface area contributed by atoms with E-state index in [1.807, 2.05) is 30.3 Å². The topological polar surface area (TPSA) is 30.9 Å². The molecule has 50 heavy (non-hydrogen) atoms. The molecule has 0 spiro atoms. The average molecular weight is 650 g/mol. The van der Waals surface area contributed by atoms with Gasteiger partial charge in [-0.25, -0.2) is 0 Å². The molecule has 1 aliphatic carbocycles. The van der Waals surface area contributed by atoms with Crippen molar-refractivity contribution < 1.29 is 14.2 Å². The van der Waals surface area contributed by atoms with E-state index in [-0.39, 0.29) is 0 Å². The zero-order valence-electron chi connectivity index (χ0n) is 27.8. The summed E-state index contributed by atoms with van der Waals surface area (Å²) >= 11 is 0. The lowest BCUT2D eigenvalue weighted by Gasteiger charge is -2.30. The minimum absolute atomic E-state index is 0.534. The SMILES string of the molecule is CC=C(C=C1COc2ccccc21)N(c1ccc(-c2ccccc2)cc1)c1ccc2c(c1)OC1=CC=C3CC(=CC=C2C1)Oc1ccccc13. The lowest BCUT2D eigenvalue weighted by atomic mass is 9.93. The molecule has 0 unspecified atom stereocenters. The summed E-state index contributed by atoms with van der Waals surface area (Å²) in [7, 11) is 0. The molecule has 4 bridgehead atoms. The predicted octanol–water partition coefficient (Wildman–Crippen LogP) is 11.7. The van der Waals surface area contributed by atoms with E-state index in [4.69, 9.17) is 14.2 Å². The monoisotopic (exact) mass is 649 g/mol. The van der Waals surface area contributed by atoms with Crippen molar-refractivity contribution in [1.29, 1.82) is 0 Å². The number of hydrogen-bond acceptors (Lipinski definition) is 4. The molecule has 0 aromatic heterocycles. The number of benzene rings is 5. The maximum absolute atomic E-state index is 6.70. The third-order valence-corrected chi connectivity index (χ3v) is 9.68. The number of para-hydroxylation sites is 2. The molecule has 4 nitrogen and oxygen atoms in total. The molecular weight excluding hydrogens is 615 g/mol. The number of nitrogens with zero attached hydrogens (tertiary/aromatic N) is 1. The van der Waals surface area contributed by atoms with Crippen molar-refractivity contribution in [2.45, 2.75) is 19.8 Å². The molecule has 0 amide bonds. The summed E-state index contributed by atoms with van der Waals surface area (Å²) in [6.45, 7) is 2.62. The smallest absolute Gasteiger partial charge is 0.136 e. The maximum atomic E-state index is 6.70. The van der Waals surface area contributed by atoms with Gasteiger partial charge in [0.1, 0.15) is 35.4 Å². The Labute approximate surface area is 292 Å². The van der Waals surface area contributed by atoms with Gasteiger partial charge in [0.05, 0.1) is 0 Å². The molecular formula is C46H35NO3. The second kappa shape index (κ2) is 12.6. The van der Waals surface area contributed by atoms with Crippen LogP contribution in [0.5, 0.6) is 17.2 Å². The number of ether oxygens (including phenoxy) is 3. The molecule has 0 radical (unpaired) electrons. The fraction of sp³-hybridized carbons (Fsp3) is 0.0870.